The number of ether oxygens (including phenoxy) is 1. The highest BCUT2D eigenvalue weighted by atomic mass is 32.2. The van der Waals surface area contributed by atoms with Crippen LogP contribution in [0.3, 0.4) is 0 Å². The molecular formula is C19H23BO3S. The zero-order valence-corrected chi connectivity index (χ0v) is 15.6. The van der Waals surface area contributed by atoms with Crippen LogP contribution in [-0.4, -0.2) is 25.4 Å². The van der Waals surface area contributed by atoms with Crippen LogP contribution in [0.5, 0.6) is 5.75 Å². The van der Waals surface area contributed by atoms with Gasteiger partial charge in [-0.3, -0.25) is 0 Å². The average molecular weight is 342 g/mol. The van der Waals surface area contributed by atoms with Crippen molar-refractivity contribution in [1.82, 2.24) is 0 Å². The second kappa shape index (κ2) is 6.47. The topological polar surface area (TPSA) is 27.7 Å². The minimum atomic E-state index is -0.389. The fourth-order valence-electron chi connectivity index (χ4n) is 2.51. The Labute approximate surface area is 148 Å². The van der Waals surface area contributed by atoms with Crippen molar-refractivity contribution >= 4 is 24.3 Å². The van der Waals surface area contributed by atoms with Gasteiger partial charge in [0.15, 0.2) is 0 Å². The summed E-state index contributed by atoms with van der Waals surface area (Å²) in [6, 6.07) is 16.4. The van der Waals surface area contributed by atoms with Gasteiger partial charge in [-0.15, -0.1) is 0 Å². The average Bonchev–Trinajstić information content (AvgIpc) is 2.76. The van der Waals surface area contributed by atoms with E-state index in [4.69, 9.17) is 14.0 Å². The third kappa shape index (κ3) is 3.48. The number of benzene rings is 2. The molecule has 0 radical (unpaired) electrons. The minimum absolute atomic E-state index is 0.354. The van der Waals surface area contributed by atoms with Crippen molar-refractivity contribution in [2.75, 3.05) is 7.11 Å². The van der Waals surface area contributed by atoms with Crippen molar-refractivity contribution in [2.45, 2.75) is 48.7 Å². The molecule has 0 spiro atoms. The Bertz CT molecular complexity index is 700. The van der Waals surface area contributed by atoms with E-state index in [0.29, 0.717) is 0 Å². The van der Waals surface area contributed by atoms with Gasteiger partial charge in [0.2, 0.25) is 0 Å². The van der Waals surface area contributed by atoms with E-state index in [1.807, 2.05) is 30.3 Å². The lowest BCUT2D eigenvalue weighted by molar-refractivity contribution is 0.00578. The van der Waals surface area contributed by atoms with Crippen molar-refractivity contribution in [3.8, 4) is 5.75 Å². The standard InChI is InChI=1S/C19H23BO3S/c1-18(2)19(3,4)23-20(22-18)14-11-15(21-5)13-17(12-14)24-16-9-7-6-8-10-16/h6-13H,1-5H3. The molecule has 3 rings (SSSR count). The third-order valence-electron chi connectivity index (χ3n) is 4.64. The van der Waals surface area contributed by atoms with Gasteiger partial charge in [-0.25, -0.2) is 0 Å². The summed E-state index contributed by atoms with van der Waals surface area (Å²) in [6.45, 7) is 8.25. The van der Waals surface area contributed by atoms with Gasteiger partial charge >= 0.3 is 7.12 Å². The second-order valence-electron chi connectivity index (χ2n) is 6.95. The highest BCUT2D eigenvalue weighted by Crippen LogP contribution is 2.37. The van der Waals surface area contributed by atoms with Crippen LogP contribution in [0.1, 0.15) is 27.7 Å². The predicted octanol–water partition coefficient (Wildman–Crippen LogP) is 4.15. The molecule has 2 aromatic carbocycles. The van der Waals surface area contributed by atoms with Gasteiger partial charge < -0.3 is 14.0 Å². The minimum Gasteiger partial charge on any atom is -0.497 e. The summed E-state index contributed by atoms with van der Waals surface area (Å²) < 4.78 is 17.8. The van der Waals surface area contributed by atoms with Crippen LogP contribution in [-0.2, 0) is 9.31 Å². The Balaban J connectivity index is 1.90. The van der Waals surface area contributed by atoms with Crippen LogP contribution < -0.4 is 10.2 Å². The molecule has 3 nitrogen and oxygen atoms in total. The zero-order valence-electron chi connectivity index (χ0n) is 14.8. The summed E-state index contributed by atoms with van der Waals surface area (Å²) in [4.78, 5) is 2.29. The monoisotopic (exact) mass is 342 g/mol. The maximum Gasteiger partial charge on any atom is 0.495 e. The summed E-state index contributed by atoms with van der Waals surface area (Å²) >= 11 is 1.70. The molecule has 1 aliphatic rings. The van der Waals surface area contributed by atoms with Crippen molar-refractivity contribution in [1.29, 1.82) is 0 Å². The van der Waals surface area contributed by atoms with Crippen LogP contribution >= 0.6 is 11.8 Å². The fourth-order valence-corrected chi connectivity index (χ4v) is 3.45. The van der Waals surface area contributed by atoms with Crippen molar-refractivity contribution in [3.63, 3.8) is 0 Å². The summed E-state index contributed by atoms with van der Waals surface area (Å²) in [6.07, 6.45) is 0. The molecule has 0 atom stereocenters. The highest BCUT2D eigenvalue weighted by molar-refractivity contribution is 7.99. The summed E-state index contributed by atoms with van der Waals surface area (Å²) in [5.41, 5.74) is 0.271. The molecule has 1 heterocycles. The molecule has 1 fully saturated rings. The number of hydrogen-bond donors (Lipinski definition) is 0. The molecular weight excluding hydrogens is 319 g/mol. The molecule has 2 aromatic rings. The highest BCUT2D eigenvalue weighted by Gasteiger charge is 2.51. The first-order valence-electron chi connectivity index (χ1n) is 8.08. The molecule has 24 heavy (non-hydrogen) atoms. The molecule has 0 saturated carbocycles. The molecule has 1 aliphatic heterocycles. The van der Waals surface area contributed by atoms with Gasteiger partial charge in [0, 0.05) is 9.79 Å². The predicted molar refractivity (Wildman–Crippen MR) is 99.3 cm³/mol. The maximum atomic E-state index is 6.17. The maximum absolute atomic E-state index is 6.17. The first-order valence-corrected chi connectivity index (χ1v) is 8.90. The Hall–Kier alpha value is -1.43. The molecule has 0 N–H and O–H groups in total. The van der Waals surface area contributed by atoms with Gasteiger partial charge in [0.05, 0.1) is 18.3 Å². The SMILES string of the molecule is COc1cc(Sc2ccccc2)cc(B2OC(C)(C)C(C)(C)O2)c1. The van der Waals surface area contributed by atoms with E-state index in [1.165, 1.54) is 4.90 Å². The van der Waals surface area contributed by atoms with Gasteiger partial charge in [-0.05, 0) is 63.5 Å². The molecule has 5 heteroatoms. The number of hydrogen-bond acceptors (Lipinski definition) is 4. The normalized spacial score (nSPS) is 18.6. The molecule has 0 unspecified atom stereocenters. The zero-order chi connectivity index (χ0) is 17.4. The third-order valence-corrected chi connectivity index (χ3v) is 5.62. The van der Waals surface area contributed by atoms with E-state index in [-0.39, 0.29) is 18.3 Å². The van der Waals surface area contributed by atoms with Crippen LogP contribution in [0, 0.1) is 0 Å². The van der Waals surface area contributed by atoms with E-state index in [0.717, 1.165) is 16.1 Å². The molecule has 1 saturated heterocycles. The molecule has 0 amide bonds. The summed E-state index contributed by atoms with van der Waals surface area (Å²) in [7, 11) is 1.29. The van der Waals surface area contributed by atoms with E-state index < -0.39 is 0 Å². The lowest BCUT2D eigenvalue weighted by Crippen LogP contribution is -2.41. The van der Waals surface area contributed by atoms with Gasteiger partial charge in [0.25, 0.3) is 0 Å². The first kappa shape index (κ1) is 17.4. The van der Waals surface area contributed by atoms with E-state index in [9.17, 15) is 0 Å². The van der Waals surface area contributed by atoms with Crippen LogP contribution in [0.2, 0.25) is 0 Å². The van der Waals surface area contributed by atoms with E-state index >= 15 is 0 Å². The van der Waals surface area contributed by atoms with Gasteiger partial charge in [-0.2, -0.15) is 0 Å². The van der Waals surface area contributed by atoms with Crippen molar-refractivity contribution in [3.05, 3.63) is 48.5 Å². The smallest absolute Gasteiger partial charge is 0.495 e. The van der Waals surface area contributed by atoms with Crippen molar-refractivity contribution < 1.29 is 14.0 Å². The van der Waals surface area contributed by atoms with Crippen LogP contribution in [0.4, 0.5) is 0 Å². The number of rotatable bonds is 4. The Kier molecular flexibility index (Phi) is 4.69. The van der Waals surface area contributed by atoms with E-state index in [1.54, 1.807) is 18.9 Å². The first-order chi connectivity index (χ1) is 11.3. The van der Waals surface area contributed by atoms with Gasteiger partial charge in [0.1, 0.15) is 5.75 Å². The molecule has 0 aromatic heterocycles. The van der Waals surface area contributed by atoms with E-state index in [2.05, 4.69) is 45.9 Å². The summed E-state index contributed by atoms with van der Waals surface area (Å²) in [5.74, 6) is 0.806. The fraction of sp³-hybridized carbons (Fsp3) is 0.368. The largest absolute Gasteiger partial charge is 0.497 e. The molecule has 0 bridgehead atoms. The Morgan fingerprint density at radius 3 is 2.08 bits per heavy atom. The molecule has 126 valence electrons. The lowest BCUT2D eigenvalue weighted by Gasteiger charge is -2.32. The molecule has 0 aliphatic carbocycles. The Morgan fingerprint density at radius 2 is 1.50 bits per heavy atom. The van der Waals surface area contributed by atoms with Crippen LogP contribution in [0.25, 0.3) is 0 Å². The van der Waals surface area contributed by atoms with Crippen molar-refractivity contribution in [2.24, 2.45) is 0 Å². The van der Waals surface area contributed by atoms with Gasteiger partial charge in [-0.1, -0.05) is 30.0 Å². The van der Waals surface area contributed by atoms with Crippen LogP contribution in [0.15, 0.2) is 58.3 Å². The summed E-state index contributed by atoms with van der Waals surface area (Å²) in [5, 5.41) is 0. The Morgan fingerprint density at radius 1 is 0.875 bits per heavy atom. The second-order valence-corrected chi connectivity index (χ2v) is 8.09. The number of methoxy groups -OCH3 is 1. The lowest BCUT2D eigenvalue weighted by atomic mass is 9.79. The quantitative estimate of drug-likeness (QED) is 0.781.